The van der Waals surface area contributed by atoms with Gasteiger partial charge in [-0.1, -0.05) is 0 Å². The Morgan fingerprint density at radius 1 is 1.33 bits per heavy atom. The van der Waals surface area contributed by atoms with E-state index in [4.69, 9.17) is 15.3 Å². The van der Waals surface area contributed by atoms with Gasteiger partial charge in [-0.3, -0.25) is 0 Å². The molecule has 0 aromatic rings. The van der Waals surface area contributed by atoms with Crippen molar-refractivity contribution in [1.29, 1.82) is 0 Å². The average molecular weight is 144 g/mol. The van der Waals surface area contributed by atoms with Gasteiger partial charge in [0.25, 0.3) is 0 Å². The molecule has 1 radical (unpaired) electrons. The van der Waals surface area contributed by atoms with Crippen molar-refractivity contribution in [1.82, 2.24) is 0 Å². The summed E-state index contributed by atoms with van der Waals surface area (Å²) in [6, 6.07) is 0. The Kier molecular flexibility index (Phi) is 25.5. The molecule has 0 saturated carbocycles. The molecule has 6 heteroatoms. The summed E-state index contributed by atoms with van der Waals surface area (Å²) >= 11 is 0. The van der Waals surface area contributed by atoms with Crippen LogP contribution in [0.4, 0.5) is 0 Å². The molecule has 2 N–H and O–H groups in total. The van der Waals surface area contributed by atoms with E-state index in [2.05, 4.69) is 0 Å². The predicted molar refractivity (Wildman–Crippen MR) is 14.0 cm³/mol. The van der Waals surface area contributed by atoms with Gasteiger partial charge >= 0.3 is 0 Å². The first-order valence-electron chi connectivity index (χ1n) is 0.548. The molecule has 43 valence electrons. The van der Waals surface area contributed by atoms with Crippen molar-refractivity contribution in [3.05, 3.63) is 15.3 Å². The topological polar surface area (TPSA) is 97.7 Å². The van der Waals surface area contributed by atoms with E-state index in [1.165, 1.54) is 0 Å². The van der Waals surface area contributed by atoms with E-state index < -0.39 is 5.09 Å². The summed E-state index contributed by atoms with van der Waals surface area (Å²) in [7, 11) is 0. The molecule has 6 heavy (non-hydrogen) atoms. The van der Waals surface area contributed by atoms with Crippen molar-refractivity contribution < 1.29 is 27.6 Å². The van der Waals surface area contributed by atoms with Crippen LogP contribution < -0.4 is 0 Å². The monoisotopic (exact) mass is 143 g/mol. The van der Waals surface area contributed by atoms with Crippen molar-refractivity contribution >= 4 is 0 Å². The second-order valence-corrected chi connectivity index (χ2v) is 0.224. The van der Waals surface area contributed by atoms with E-state index in [1.54, 1.807) is 0 Å². The van der Waals surface area contributed by atoms with E-state index in [-0.39, 0.29) is 22.5 Å². The van der Waals surface area contributed by atoms with Gasteiger partial charge in [-0.2, -0.15) is 0 Å². The molecule has 0 bridgehead atoms. The molecule has 0 aromatic heterocycles. The maximum Gasteiger partial charge on any atom is 0.0689 e. The molecule has 0 aromatic carbocycles. The van der Waals surface area contributed by atoms with Crippen LogP contribution in [0.25, 0.3) is 0 Å². The fourth-order valence-corrected chi connectivity index (χ4v) is 0. The second-order valence-electron chi connectivity index (χ2n) is 0.224. The standard InChI is InChI=1S/Cu.NO3.H2O/c;2-1(3)4;/h;;1H2/q;-1;. The molecule has 0 heterocycles. The molecule has 0 aliphatic rings. The van der Waals surface area contributed by atoms with Crippen molar-refractivity contribution in [3.63, 3.8) is 0 Å². The van der Waals surface area contributed by atoms with E-state index in [0.717, 1.165) is 0 Å². The Morgan fingerprint density at radius 3 is 1.33 bits per heavy atom. The van der Waals surface area contributed by atoms with E-state index in [9.17, 15) is 0 Å². The molecule has 0 amide bonds. The quantitative estimate of drug-likeness (QED) is 0.245. The summed E-state index contributed by atoms with van der Waals surface area (Å²) in [6.07, 6.45) is 0. The van der Waals surface area contributed by atoms with E-state index in [1.807, 2.05) is 0 Å². The molecular formula is H2CuNO4-. The molecule has 0 atom stereocenters. The first kappa shape index (κ1) is 17.3. The minimum atomic E-state index is -1.75. The molecule has 5 nitrogen and oxygen atoms in total. The maximum atomic E-state index is 8.25. The van der Waals surface area contributed by atoms with Gasteiger partial charge in [0.15, 0.2) is 0 Å². The van der Waals surface area contributed by atoms with Crippen molar-refractivity contribution in [2.45, 2.75) is 0 Å². The number of hydrogen-bond donors (Lipinski definition) is 0. The van der Waals surface area contributed by atoms with Crippen LogP contribution in [0.5, 0.6) is 0 Å². The average Bonchev–Trinajstić information content (AvgIpc) is 0.811. The minimum absolute atomic E-state index is 0. The molecule has 0 rings (SSSR count). The zero-order valence-electron chi connectivity index (χ0n) is 2.47. The van der Waals surface area contributed by atoms with Crippen LogP contribution in [0, 0.1) is 15.3 Å². The van der Waals surface area contributed by atoms with Crippen molar-refractivity contribution in [3.8, 4) is 0 Å². The Bertz CT molecular complexity index is 30.5. The van der Waals surface area contributed by atoms with Crippen LogP contribution in [0.1, 0.15) is 0 Å². The van der Waals surface area contributed by atoms with Gasteiger partial charge in [0.2, 0.25) is 0 Å². The largest absolute Gasteiger partial charge is 0.412 e. The predicted octanol–water partition coefficient (Wildman–Crippen LogP) is -1.07. The molecular weight excluding hydrogens is 142 g/mol. The normalized spacial score (nSPS) is 4.00. The first-order chi connectivity index (χ1) is 1.73. The molecule has 0 spiro atoms. The first-order valence-corrected chi connectivity index (χ1v) is 0.548. The number of rotatable bonds is 0. The van der Waals surface area contributed by atoms with E-state index in [0.29, 0.717) is 0 Å². The third-order valence-corrected chi connectivity index (χ3v) is 0. The molecule has 0 unspecified atom stereocenters. The minimum Gasteiger partial charge on any atom is -0.412 e. The summed E-state index contributed by atoms with van der Waals surface area (Å²) < 4.78 is 0. The second kappa shape index (κ2) is 8.82. The van der Waals surface area contributed by atoms with E-state index >= 15 is 0 Å². The molecule has 0 fully saturated rings. The molecule has 0 aliphatic heterocycles. The van der Waals surface area contributed by atoms with Crippen LogP contribution in [-0.4, -0.2) is 10.6 Å². The van der Waals surface area contributed by atoms with Crippen LogP contribution in [0.3, 0.4) is 0 Å². The summed E-state index contributed by atoms with van der Waals surface area (Å²) in [5.74, 6) is 0. The van der Waals surface area contributed by atoms with Gasteiger partial charge in [0.05, 0.1) is 5.09 Å². The van der Waals surface area contributed by atoms with Gasteiger partial charge in [-0.15, -0.1) is 0 Å². The number of nitrogens with zero attached hydrogens (tertiary/aromatic N) is 1. The summed E-state index contributed by atoms with van der Waals surface area (Å²) in [6.45, 7) is 0. The van der Waals surface area contributed by atoms with Crippen LogP contribution >= 0.6 is 0 Å². The Labute approximate surface area is 43.9 Å². The summed E-state index contributed by atoms with van der Waals surface area (Å²) in [5.41, 5.74) is 0. The Hall–Kier alpha value is -0.321. The van der Waals surface area contributed by atoms with Gasteiger partial charge in [0, 0.05) is 17.1 Å². The van der Waals surface area contributed by atoms with Crippen LogP contribution in [0.2, 0.25) is 0 Å². The fraction of sp³-hybridized carbons (Fsp3) is 0. The van der Waals surface area contributed by atoms with Crippen molar-refractivity contribution in [2.24, 2.45) is 0 Å². The SMILES string of the molecule is O.O=[N+]([O-])[O-].[Cu]. The molecule has 0 aliphatic carbocycles. The van der Waals surface area contributed by atoms with Crippen LogP contribution in [-0.2, 0) is 17.1 Å². The Morgan fingerprint density at radius 2 is 1.33 bits per heavy atom. The third kappa shape index (κ3) is 257. The molecule has 0 saturated heterocycles. The Balaban J connectivity index is -0.0000000450. The van der Waals surface area contributed by atoms with Gasteiger partial charge in [-0.05, 0) is 0 Å². The zero-order chi connectivity index (χ0) is 3.58. The number of hydrogen-bond acceptors (Lipinski definition) is 3. The van der Waals surface area contributed by atoms with Crippen LogP contribution in [0.15, 0.2) is 0 Å². The smallest absolute Gasteiger partial charge is 0.0689 e. The van der Waals surface area contributed by atoms with Crippen molar-refractivity contribution in [2.75, 3.05) is 0 Å². The summed E-state index contributed by atoms with van der Waals surface area (Å²) in [4.78, 5) is 8.25. The maximum absolute atomic E-state index is 8.25. The van der Waals surface area contributed by atoms with Gasteiger partial charge in [-0.25, -0.2) is 0 Å². The third-order valence-electron chi connectivity index (χ3n) is 0. The van der Waals surface area contributed by atoms with Gasteiger partial charge < -0.3 is 20.8 Å². The summed E-state index contributed by atoms with van der Waals surface area (Å²) in [5, 5.41) is 14.8. The zero-order valence-corrected chi connectivity index (χ0v) is 3.42. The van der Waals surface area contributed by atoms with Gasteiger partial charge in [0.1, 0.15) is 0 Å². The fourth-order valence-electron chi connectivity index (χ4n) is 0.